The number of imide groups is 1. The number of amides is 5. The summed E-state index contributed by atoms with van der Waals surface area (Å²) in [6.07, 6.45) is -0.893. The smallest absolute Gasteiger partial charge is 0.330 e. The second kappa shape index (κ2) is 13.8. The highest BCUT2D eigenvalue weighted by Gasteiger charge is 2.55. The van der Waals surface area contributed by atoms with Crippen LogP contribution in [0.3, 0.4) is 0 Å². The van der Waals surface area contributed by atoms with Gasteiger partial charge in [-0.1, -0.05) is 84.9 Å². The zero-order valence-electron chi connectivity index (χ0n) is 24.3. The van der Waals surface area contributed by atoms with Crippen molar-refractivity contribution in [1.82, 2.24) is 20.4 Å². The molecule has 5 amide bonds. The molecule has 0 bridgehead atoms. The van der Waals surface area contributed by atoms with Crippen LogP contribution in [0.1, 0.15) is 44.5 Å². The Bertz CT molecular complexity index is 1590. The second-order valence-corrected chi connectivity index (χ2v) is 10.6. The molecule has 0 aromatic heterocycles. The summed E-state index contributed by atoms with van der Waals surface area (Å²) in [6, 6.07) is 19.0. The predicted molar refractivity (Wildman–Crippen MR) is 162 cm³/mol. The van der Waals surface area contributed by atoms with Crippen LogP contribution in [0, 0.1) is 0 Å². The highest BCUT2D eigenvalue weighted by atomic mass is 16.4. The van der Waals surface area contributed by atoms with E-state index >= 15 is 0 Å². The van der Waals surface area contributed by atoms with Gasteiger partial charge in [-0.25, -0.2) is 9.59 Å². The SMILES string of the molecule is C[C@]1(c2ccc(CO)cc2)C(=O)N(CC(=O)N[C@@H](CC(=O)O)C(=O)N[C@H](C(=O)O)c2ccccc2)C(=O)N1Cc1ccccc1.[HH].[HH]. The van der Waals surface area contributed by atoms with Gasteiger partial charge < -0.3 is 30.9 Å². The van der Waals surface area contributed by atoms with Gasteiger partial charge in [-0.3, -0.25) is 24.1 Å². The lowest BCUT2D eigenvalue weighted by molar-refractivity contribution is -0.144. The summed E-state index contributed by atoms with van der Waals surface area (Å²) < 4.78 is 0. The molecule has 1 heterocycles. The highest BCUT2D eigenvalue weighted by molar-refractivity contribution is 6.09. The molecule has 3 aromatic rings. The van der Waals surface area contributed by atoms with Crippen molar-refractivity contribution in [2.75, 3.05) is 6.54 Å². The number of carbonyl (C=O) groups is 6. The minimum Gasteiger partial charge on any atom is -0.481 e. The van der Waals surface area contributed by atoms with E-state index in [-0.39, 0.29) is 21.6 Å². The number of rotatable bonds is 13. The minimum absolute atomic E-state index is 0. The molecule has 0 unspecified atom stereocenters. The lowest BCUT2D eigenvalue weighted by Crippen LogP contribution is -2.52. The molecule has 238 valence electrons. The van der Waals surface area contributed by atoms with Crippen LogP contribution in [0.15, 0.2) is 84.9 Å². The number of benzene rings is 3. The Labute approximate surface area is 261 Å². The first-order valence-electron chi connectivity index (χ1n) is 13.9. The highest BCUT2D eigenvalue weighted by Crippen LogP contribution is 2.38. The van der Waals surface area contributed by atoms with Crippen molar-refractivity contribution in [3.05, 3.63) is 107 Å². The summed E-state index contributed by atoms with van der Waals surface area (Å²) in [6.45, 7) is 0.492. The van der Waals surface area contributed by atoms with Crippen LogP contribution < -0.4 is 10.6 Å². The molecule has 0 aliphatic carbocycles. The molecule has 5 N–H and O–H groups in total. The summed E-state index contributed by atoms with van der Waals surface area (Å²) in [5.41, 5.74) is 0.402. The van der Waals surface area contributed by atoms with Crippen LogP contribution in [0.25, 0.3) is 0 Å². The number of urea groups is 1. The van der Waals surface area contributed by atoms with E-state index in [2.05, 4.69) is 10.6 Å². The van der Waals surface area contributed by atoms with E-state index in [0.29, 0.717) is 16.7 Å². The van der Waals surface area contributed by atoms with Gasteiger partial charge in [-0.05, 0) is 29.2 Å². The molecular weight excluding hydrogens is 584 g/mol. The molecule has 1 saturated heterocycles. The van der Waals surface area contributed by atoms with Crippen molar-refractivity contribution in [1.29, 1.82) is 0 Å². The van der Waals surface area contributed by atoms with Crippen LogP contribution in [0.2, 0.25) is 0 Å². The molecule has 1 fully saturated rings. The predicted octanol–water partition coefficient (Wildman–Crippen LogP) is 2.25. The molecular formula is C32H36N4O9. The number of hydrogen-bond donors (Lipinski definition) is 5. The fraction of sp³-hybridized carbons (Fsp3) is 0.250. The second-order valence-electron chi connectivity index (χ2n) is 10.6. The van der Waals surface area contributed by atoms with Crippen LogP contribution >= 0.6 is 0 Å². The normalized spacial score (nSPS) is 17.5. The fourth-order valence-electron chi connectivity index (χ4n) is 5.09. The van der Waals surface area contributed by atoms with Crippen molar-refractivity contribution in [3.8, 4) is 0 Å². The molecule has 13 heteroatoms. The van der Waals surface area contributed by atoms with E-state index in [9.17, 15) is 44.1 Å². The van der Waals surface area contributed by atoms with Gasteiger partial charge >= 0.3 is 18.0 Å². The Morgan fingerprint density at radius 1 is 0.844 bits per heavy atom. The molecule has 3 aromatic carbocycles. The summed E-state index contributed by atoms with van der Waals surface area (Å²) in [5.74, 6) is -5.69. The van der Waals surface area contributed by atoms with Crippen molar-refractivity contribution < 1.29 is 46.9 Å². The molecule has 13 nitrogen and oxygen atoms in total. The third-order valence-electron chi connectivity index (χ3n) is 7.54. The van der Waals surface area contributed by atoms with E-state index in [0.717, 1.165) is 4.90 Å². The number of hydrogen-bond acceptors (Lipinski definition) is 7. The average molecular weight is 621 g/mol. The number of aliphatic hydroxyl groups is 1. The van der Waals surface area contributed by atoms with Gasteiger partial charge in [-0.15, -0.1) is 0 Å². The molecule has 0 saturated carbocycles. The molecule has 3 atom stereocenters. The van der Waals surface area contributed by atoms with Crippen LogP contribution in [-0.4, -0.2) is 73.4 Å². The first-order chi connectivity index (χ1) is 21.4. The molecule has 45 heavy (non-hydrogen) atoms. The Balaban J connectivity index is 0.00000384. The zero-order chi connectivity index (χ0) is 32.7. The van der Waals surface area contributed by atoms with Crippen LogP contribution in [0.5, 0.6) is 0 Å². The van der Waals surface area contributed by atoms with Crippen LogP contribution in [-0.2, 0) is 42.7 Å². The third kappa shape index (κ3) is 7.16. The van der Waals surface area contributed by atoms with Crippen molar-refractivity contribution >= 4 is 35.7 Å². The van der Waals surface area contributed by atoms with Crippen molar-refractivity contribution in [2.45, 2.75) is 44.1 Å². The first-order valence-corrected chi connectivity index (χ1v) is 13.9. The van der Waals surface area contributed by atoms with Crippen LogP contribution in [0.4, 0.5) is 4.79 Å². The number of carboxylic acid groups (broad SMARTS) is 2. The Morgan fingerprint density at radius 3 is 2.00 bits per heavy atom. The van der Waals surface area contributed by atoms with Gasteiger partial charge in [0.2, 0.25) is 11.8 Å². The lowest BCUT2D eigenvalue weighted by atomic mass is 9.89. The maximum Gasteiger partial charge on any atom is 0.330 e. The Kier molecular flexibility index (Phi) is 9.94. The summed E-state index contributed by atoms with van der Waals surface area (Å²) in [4.78, 5) is 79.3. The molecule has 0 radical (unpaired) electrons. The first kappa shape index (κ1) is 32.4. The lowest BCUT2D eigenvalue weighted by Gasteiger charge is -2.32. The van der Waals surface area contributed by atoms with Gasteiger partial charge in [0.15, 0.2) is 6.04 Å². The van der Waals surface area contributed by atoms with Gasteiger partial charge in [0.25, 0.3) is 5.91 Å². The van der Waals surface area contributed by atoms with Crippen molar-refractivity contribution in [2.24, 2.45) is 0 Å². The molecule has 1 aliphatic heterocycles. The number of carbonyl (C=O) groups excluding carboxylic acids is 4. The quantitative estimate of drug-likeness (QED) is 0.178. The third-order valence-corrected chi connectivity index (χ3v) is 7.54. The number of nitrogens with one attached hydrogen (secondary N) is 2. The van der Waals surface area contributed by atoms with Gasteiger partial charge in [0, 0.05) is 9.40 Å². The summed E-state index contributed by atoms with van der Waals surface area (Å²) in [7, 11) is 0. The molecule has 4 rings (SSSR count). The topological polar surface area (TPSA) is 194 Å². The van der Waals surface area contributed by atoms with Gasteiger partial charge in [0.1, 0.15) is 18.1 Å². The summed E-state index contributed by atoms with van der Waals surface area (Å²) in [5, 5.41) is 33.0. The Hall–Kier alpha value is -5.56. The summed E-state index contributed by atoms with van der Waals surface area (Å²) >= 11 is 0. The zero-order valence-corrected chi connectivity index (χ0v) is 24.3. The van der Waals surface area contributed by atoms with E-state index in [1.54, 1.807) is 79.7 Å². The molecule has 1 aliphatic rings. The van der Waals surface area contributed by atoms with Gasteiger partial charge in [0.05, 0.1) is 13.0 Å². The number of carboxylic acids is 2. The van der Waals surface area contributed by atoms with E-state index < -0.39 is 66.3 Å². The maximum absolute atomic E-state index is 13.9. The maximum atomic E-state index is 13.9. The van der Waals surface area contributed by atoms with Gasteiger partial charge in [-0.2, -0.15) is 0 Å². The van der Waals surface area contributed by atoms with E-state index in [1.165, 1.54) is 17.0 Å². The molecule has 0 spiro atoms. The van der Waals surface area contributed by atoms with Crippen molar-refractivity contribution in [3.63, 3.8) is 0 Å². The number of nitrogens with zero attached hydrogens (tertiary/aromatic N) is 2. The fourth-order valence-corrected chi connectivity index (χ4v) is 5.09. The average Bonchev–Trinajstić information content (AvgIpc) is 3.20. The monoisotopic (exact) mass is 620 g/mol. The number of aliphatic hydroxyl groups excluding tert-OH is 1. The standard InChI is InChI=1S/C32H32N4O9.2H2/c1-32(23-14-12-21(19-37)13-15-23)30(44)35(31(45)36(32)17-20-8-4-2-5-9-20)18-25(38)33-24(16-26(39)40)28(41)34-27(29(42)43)22-10-6-3-7-11-22;;/h2-15,24,27,37H,16-19H2,1H3,(H,33,38)(H,34,41)(H,39,40)(H,42,43);2*1H/t24-,27-,32-;;/m0../s1. The largest absolute Gasteiger partial charge is 0.481 e. The van der Waals surface area contributed by atoms with E-state index in [4.69, 9.17) is 0 Å². The van der Waals surface area contributed by atoms with E-state index in [1.807, 2.05) is 0 Å². The number of aliphatic carboxylic acids is 2. The minimum atomic E-state index is -1.72. The Morgan fingerprint density at radius 2 is 1.44 bits per heavy atom.